The molecule has 0 unspecified atom stereocenters. The van der Waals surface area contributed by atoms with Crippen LogP contribution in [0.4, 0.5) is 4.79 Å². The number of benzene rings is 1. The van der Waals surface area contributed by atoms with Crippen molar-refractivity contribution in [1.82, 2.24) is 4.90 Å². The smallest absolute Gasteiger partial charge is 0.410 e. The number of rotatable bonds is 6. The van der Waals surface area contributed by atoms with Gasteiger partial charge < -0.3 is 4.74 Å². The zero-order valence-corrected chi connectivity index (χ0v) is 12.0. The van der Waals surface area contributed by atoms with Gasteiger partial charge in [-0.15, -0.1) is 0 Å². The van der Waals surface area contributed by atoms with Crippen LogP contribution in [-0.4, -0.2) is 35.7 Å². The van der Waals surface area contributed by atoms with Crippen LogP contribution in [0.25, 0.3) is 6.08 Å². The van der Waals surface area contributed by atoms with E-state index >= 15 is 0 Å². The highest BCUT2D eigenvalue weighted by Crippen LogP contribution is 2.20. The molecule has 0 radical (unpaired) electrons. The Kier molecular flexibility index (Phi) is 4.91. The summed E-state index contributed by atoms with van der Waals surface area (Å²) in [5.41, 5.74) is 2.21. The molecule has 1 heterocycles. The molecule has 2 rings (SSSR count). The van der Waals surface area contributed by atoms with Crippen molar-refractivity contribution in [2.24, 2.45) is 0 Å². The third kappa shape index (κ3) is 3.53. The van der Waals surface area contributed by atoms with Crippen LogP contribution < -0.4 is 0 Å². The fourth-order valence-electron chi connectivity index (χ4n) is 2.13. The summed E-state index contributed by atoms with van der Waals surface area (Å²) < 4.78 is 5.15. The zero-order chi connectivity index (χ0) is 13.7. The zero-order valence-electron chi connectivity index (χ0n) is 11.2. The lowest BCUT2D eigenvalue weighted by molar-refractivity contribution is 0.156. The molecule has 0 aliphatic carbocycles. The number of ether oxygens (including phenoxy) is 1. The number of amides is 1. The maximum absolute atomic E-state index is 11.8. The van der Waals surface area contributed by atoms with E-state index in [9.17, 15) is 4.79 Å². The highest BCUT2D eigenvalue weighted by molar-refractivity contribution is 7.98. The number of hydrogen-bond donors (Lipinski definition) is 0. The van der Waals surface area contributed by atoms with Crippen molar-refractivity contribution >= 4 is 23.9 Å². The number of carbonyl (C=O) groups excluding carboxylic acids is 1. The molecule has 1 fully saturated rings. The SMILES string of the molecule is C=Cc1ccc(CN2C(=O)OC[C@@H]2CCSC)cc1. The van der Waals surface area contributed by atoms with Gasteiger partial charge in [0.1, 0.15) is 6.61 Å². The summed E-state index contributed by atoms with van der Waals surface area (Å²) in [6.07, 6.45) is 4.68. The van der Waals surface area contributed by atoms with Crippen LogP contribution in [0.1, 0.15) is 17.5 Å². The molecular weight excluding hydrogens is 258 g/mol. The summed E-state index contributed by atoms with van der Waals surface area (Å²) in [6.45, 7) is 4.87. The van der Waals surface area contributed by atoms with Crippen LogP contribution in [0.2, 0.25) is 0 Å². The van der Waals surface area contributed by atoms with Crippen molar-refractivity contribution < 1.29 is 9.53 Å². The van der Waals surface area contributed by atoms with Crippen molar-refractivity contribution in [1.29, 1.82) is 0 Å². The molecule has 0 saturated carbocycles. The van der Waals surface area contributed by atoms with Crippen LogP contribution in [0, 0.1) is 0 Å². The number of cyclic esters (lactones) is 1. The molecule has 1 aliphatic rings. The Morgan fingerprint density at radius 3 is 2.84 bits per heavy atom. The topological polar surface area (TPSA) is 29.5 Å². The molecule has 1 aromatic rings. The summed E-state index contributed by atoms with van der Waals surface area (Å²) in [6, 6.07) is 8.31. The highest BCUT2D eigenvalue weighted by Gasteiger charge is 2.32. The third-order valence-corrected chi connectivity index (χ3v) is 3.94. The van der Waals surface area contributed by atoms with Crippen molar-refractivity contribution in [2.75, 3.05) is 18.6 Å². The fraction of sp³-hybridized carbons (Fsp3) is 0.400. The lowest BCUT2D eigenvalue weighted by atomic mass is 10.1. The van der Waals surface area contributed by atoms with E-state index < -0.39 is 0 Å². The summed E-state index contributed by atoms with van der Waals surface area (Å²) >= 11 is 1.80. The number of carbonyl (C=O) groups is 1. The van der Waals surface area contributed by atoms with Crippen LogP contribution in [0.3, 0.4) is 0 Å². The Labute approximate surface area is 118 Å². The number of thioether (sulfide) groups is 1. The van der Waals surface area contributed by atoms with Crippen LogP contribution in [0.15, 0.2) is 30.8 Å². The van der Waals surface area contributed by atoms with Gasteiger partial charge in [0.2, 0.25) is 0 Å². The molecular formula is C15H19NO2S. The Bertz CT molecular complexity index is 444. The monoisotopic (exact) mass is 277 g/mol. The van der Waals surface area contributed by atoms with Gasteiger partial charge in [0.05, 0.1) is 6.04 Å². The van der Waals surface area contributed by atoms with E-state index in [1.165, 1.54) is 0 Å². The van der Waals surface area contributed by atoms with Crippen LogP contribution in [-0.2, 0) is 11.3 Å². The Morgan fingerprint density at radius 2 is 2.21 bits per heavy atom. The molecule has 102 valence electrons. The van der Waals surface area contributed by atoms with Crippen LogP contribution >= 0.6 is 11.8 Å². The molecule has 0 N–H and O–H groups in total. The minimum absolute atomic E-state index is 0.195. The maximum Gasteiger partial charge on any atom is 0.410 e. The molecule has 1 aromatic carbocycles. The van der Waals surface area contributed by atoms with E-state index in [-0.39, 0.29) is 12.1 Å². The van der Waals surface area contributed by atoms with Crippen LogP contribution in [0.5, 0.6) is 0 Å². The first-order chi connectivity index (χ1) is 9.24. The molecule has 1 atom stereocenters. The highest BCUT2D eigenvalue weighted by atomic mass is 32.2. The lowest BCUT2D eigenvalue weighted by Crippen LogP contribution is -2.33. The van der Waals surface area contributed by atoms with Gasteiger partial charge in [-0.1, -0.05) is 36.9 Å². The molecule has 0 aromatic heterocycles. The summed E-state index contributed by atoms with van der Waals surface area (Å²) in [5.74, 6) is 1.05. The minimum atomic E-state index is -0.195. The second kappa shape index (κ2) is 6.66. The summed E-state index contributed by atoms with van der Waals surface area (Å²) in [7, 11) is 0. The Balaban J connectivity index is 2.01. The number of hydrogen-bond acceptors (Lipinski definition) is 3. The normalized spacial score (nSPS) is 18.5. The predicted molar refractivity (Wildman–Crippen MR) is 80.2 cm³/mol. The second-order valence-corrected chi connectivity index (χ2v) is 5.57. The van der Waals surface area contributed by atoms with Gasteiger partial charge in [0, 0.05) is 6.54 Å². The van der Waals surface area contributed by atoms with Crippen molar-refractivity contribution in [2.45, 2.75) is 19.0 Å². The first-order valence-electron chi connectivity index (χ1n) is 6.38. The standard InChI is InChI=1S/C15H19NO2S/c1-3-12-4-6-13(7-5-12)10-16-14(8-9-19-2)11-18-15(16)17/h3-7,14H,1,8-11H2,2H3/t14-/m0/s1. The lowest BCUT2D eigenvalue weighted by Gasteiger charge is -2.21. The van der Waals surface area contributed by atoms with E-state index in [1.54, 1.807) is 11.8 Å². The van der Waals surface area contributed by atoms with E-state index in [4.69, 9.17) is 4.74 Å². The Morgan fingerprint density at radius 1 is 1.47 bits per heavy atom. The molecule has 1 aliphatic heterocycles. The Hall–Kier alpha value is -1.42. The third-order valence-electron chi connectivity index (χ3n) is 3.30. The molecule has 3 nitrogen and oxygen atoms in total. The van der Waals surface area contributed by atoms with Gasteiger partial charge in [-0.25, -0.2) is 4.79 Å². The van der Waals surface area contributed by atoms with E-state index in [0.29, 0.717) is 13.2 Å². The minimum Gasteiger partial charge on any atom is -0.447 e. The largest absolute Gasteiger partial charge is 0.447 e. The first-order valence-corrected chi connectivity index (χ1v) is 7.77. The molecule has 1 saturated heterocycles. The van der Waals surface area contributed by atoms with Gasteiger partial charge in [0.15, 0.2) is 0 Å². The molecule has 4 heteroatoms. The molecule has 0 bridgehead atoms. The average molecular weight is 277 g/mol. The summed E-state index contributed by atoms with van der Waals surface area (Å²) in [5, 5.41) is 0. The van der Waals surface area contributed by atoms with Gasteiger partial charge in [-0.05, 0) is 29.6 Å². The van der Waals surface area contributed by atoms with Gasteiger partial charge >= 0.3 is 6.09 Å². The average Bonchev–Trinajstić information content (AvgIpc) is 2.78. The summed E-state index contributed by atoms with van der Waals surface area (Å²) in [4.78, 5) is 13.6. The predicted octanol–water partition coefficient (Wildman–Crippen LogP) is 3.40. The molecule has 0 spiro atoms. The van der Waals surface area contributed by atoms with Crippen molar-refractivity contribution in [3.8, 4) is 0 Å². The van der Waals surface area contributed by atoms with Gasteiger partial charge in [-0.2, -0.15) is 11.8 Å². The molecule has 1 amide bonds. The second-order valence-electron chi connectivity index (χ2n) is 4.59. The first kappa shape index (κ1) is 14.0. The quantitative estimate of drug-likeness (QED) is 0.798. The maximum atomic E-state index is 11.8. The number of nitrogens with zero attached hydrogens (tertiary/aromatic N) is 1. The molecule has 19 heavy (non-hydrogen) atoms. The van der Waals surface area contributed by atoms with E-state index in [1.807, 2.05) is 35.2 Å². The van der Waals surface area contributed by atoms with E-state index in [2.05, 4.69) is 12.8 Å². The van der Waals surface area contributed by atoms with Crippen molar-refractivity contribution in [3.05, 3.63) is 42.0 Å². The van der Waals surface area contributed by atoms with Gasteiger partial charge in [-0.3, -0.25) is 4.90 Å². The van der Waals surface area contributed by atoms with Gasteiger partial charge in [0.25, 0.3) is 0 Å². The van der Waals surface area contributed by atoms with E-state index in [0.717, 1.165) is 23.3 Å². The van der Waals surface area contributed by atoms with Crippen molar-refractivity contribution in [3.63, 3.8) is 0 Å². The fourth-order valence-corrected chi connectivity index (χ4v) is 2.64.